The van der Waals surface area contributed by atoms with Gasteiger partial charge in [0.05, 0.1) is 17.6 Å². The van der Waals surface area contributed by atoms with Crippen LogP contribution in [0.1, 0.15) is 29.8 Å². The third kappa shape index (κ3) is 3.11. The number of hydrogen-bond acceptors (Lipinski definition) is 6. The maximum atomic E-state index is 13.1. The molecule has 1 saturated carbocycles. The molecule has 31 heavy (non-hydrogen) atoms. The molecule has 0 atom stereocenters. The first-order valence-corrected chi connectivity index (χ1v) is 10.9. The summed E-state index contributed by atoms with van der Waals surface area (Å²) in [5.74, 6) is 1.27. The lowest BCUT2D eigenvalue weighted by molar-refractivity contribution is 0.257. The molecule has 160 valence electrons. The highest BCUT2D eigenvalue weighted by molar-refractivity contribution is 6.02. The predicted octanol–water partition coefficient (Wildman–Crippen LogP) is 2.28. The minimum atomic E-state index is -0.203. The zero-order valence-corrected chi connectivity index (χ0v) is 17.9. The molecule has 6 rings (SSSR count). The summed E-state index contributed by atoms with van der Waals surface area (Å²) in [5.41, 5.74) is 5.19. The fourth-order valence-electron chi connectivity index (χ4n) is 4.93. The lowest BCUT2D eigenvalue weighted by Gasteiger charge is -2.36. The second-order valence-corrected chi connectivity index (χ2v) is 8.92. The number of piperazine rings is 1. The first-order chi connectivity index (χ1) is 15.0. The Hall–Kier alpha value is -3.20. The first kappa shape index (κ1) is 18.6. The molecule has 5 heterocycles. The number of aryl methyl sites for hydroxylation is 2. The minimum absolute atomic E-state index is 0.203. The molecule has 3 aliphatic rings. The Bertz CT molecular complexity index is 1200. The fourth-order valence-corrected chi connectivity index (χ4v) is 4.93. The molecule has 1 spiro atoms. The summed E-state index contributed by atoms with van der Waals surface area (Å²) in [5, 5.41) is 6.62. The van der Waals surface area contributed by atoms with E-state index in [4.69, 9.17) is 0 Å². The molecule has 9 nitrogen and oxygen atoms in total. The number of rotatable bonds is 2. The molecule has 2 fully saturated rings. The van der Waals surface area contributed by atoms with E-state index in [1.165, 1.54) is 24.1 Å². The molecule has 3 aromatic rings. The number of fused-ring (bicyclic) bond motifs is 2. The van der Waals surface area contributed by atoms with Gasteiger partial charge < -0.3 is 14.6 Å². The summed E-state index contributed by atoms with van der Waals surface area (Å²) >= 11 is 0. The monoisotopic (exact) mass is 418 g/mol. The fraction of sp³-hybridized carbons (Fsp3) is 0.455. The SMILES string of the molecule is Cc1cn2cc(NC(=O)N3CCc4c(N5CCNC6(CC6)C5)ccnc43)nc(C)c2n1. The Morgan fingerprint density at radius 1 is 1.19 bits per heavy atom. The zero-order valence-electron chi connectivity index (χ0n) is 17.9. The second kappa shape index (κ2) is 6.65. The van der Waals surface area contributed by atoms with Crippen molar-refractivity contribution >= 4 is 29.0 Å². The number of carbonyl (C=O) groups excluding carboxylic acids is 1. The summed E-state index contributed by atoms with van der Waals surface area (Å²) in [7, 11) is 0. The summed E-state index contributed by atoms with van der Waals surface area (Å²) in [4.78, 5) is 30.9. The number of urea groups is 1. The third-order valence-electron chi connectivity index (χ3n) is 6.62. The standard InChI is InChI=1S/C22H26N8O/c1-14-11-29-12-18(26-15(2)19(29)25-14)27-21(31)30-9-4-16-17(3-7-23-20(16)30)28-10-8-24-22(13-28)5-6-22/h3,7,11-12,24H,4-6,8-10,13H2,1-2H3,(H,27,31). The lowest BCUT2D eigenvalue weighted by Crippen LogP contribution is -2.52. The molecule has 0 bridgehead atoms. The van der Waals surface area contributed by atoms with Crippen LogP contribution in [0.3, 0.4) is 0 Å². The minimum Gasteiger partial charge on any atom is -0.368 e. The topological polar surface area (TPSA) is 90.7 Å². The summed E-state index contributed by atoms with van der Waals surface area (Å²) in [6.45, 7) is 7.48. The van der Waals surface area contributed by atoms with Gasteiger partial charge in [-0.25, -0.2) is 19.7 Å². The Morgan fingerprint density at radius 3 is 2.90 bits per heavy atom. The zero-order chi connectivity index (χ0) is 21.2. The van der Waals surface area contributed by atoms with Gasteiger partial charge in [-0.2, -0.15) is 0 Å². The van der Waals surface area contributed by atoms with Crippen LogP contribution >= 0.6 is 0 Å². The van der Waals surface area contributed by atoms with E-state index in [0.717, 1.165) is 48.9 Å². The van der Waals surface area contributed by atoms with Crippen molar-refractivity contribution in [3.8, 4) is 0 Å². The Kier molecular flexibility index (Phi) is 3.98. The molecule has 0 radical (unpaired) electrons. The van der Waals surface area contributed by atoms with Crippen molar-refractivity contribution in [3.63, 3.8) is 0 Å². The van der Waals surface area contributed by atoms with Crippen LogP contribution in [0.15, 0.2) is 24.7 Å². The largest absolute Gasteiger partial charge is 0.368 e. The number of hydrogen-bond donors (Lipinski definition) is 2. The van der Waals surface area contributed by atoms with Gasteiger partial charge in [0.25, 0.3) is 0 Å². The number of amides is 2. The molecular weight excluding hydrogens is 392 g/mol. The smallest absolute Gasteiger partial charge is 0.328 e. The van der Waals surface area contributed by atoms with Crippen molar-refractivity contribution in [1.29, 1.82) is 0 Å². The van der Waals surface area contributed by atoms with E-state index < -0.39 is 0 Å². The van der Waals surface area contributed by atoms with Crippen LogP contribution in [-0.2, 0) is 6.42 Å². The summed E-state index contributed by atoms with van der Waals surface area (Å²) < 4.78 is 1.90. The van der Waals surface area contributed by atoms with Gasteiger partial charge in [-0.1, -0.05) is 0 Å². The normalized spacial score (nSPS) is 19.2. The van der Waals surface area contributed by atoms with Gasteiger partial charge >= 0.3 is 6.03 Å². The second-order valence-electron chi connectivity index (χ2n) is 8.92. The van der Waals surface area contributed by atoms with E-state index in [1.54, 1.807) is 11.1 Å². The maximum absolute atomic E-state index is 13.1. The quantitative estimate of drug-likeness (QED) is 0.664. The molecule has 2 amide bonds. The highest BCUT2D eigenvalue weighted by atomic mass is 16.2. The van der Waals surface area contributed by atoms with Crippen LogP contribution in [-0.4, -0.2) is 57.1 Å². The summed E-state index contributed by atoms with van der Waals surface area (Å²) in [6.07, 6.45) is 8.87. The van der Waals surface area contributed by atoms with Gasteiger partial charge in [0.2, 0.25) is 0 Å². The number of nitrogens with zero attached hydrogens (tertiary/aromatic N) is 6. The van der Waals surface area contributed by atoms with Crippen molar-refractivity contribution in [1.82, 2.24) is 24.7 Å². The van der Waals surface area contributed by atoms with E-state index in [2.05, 4.69) is 36.6 Å². The number of anilines is 3. The van der Waals surface area contributed by atoms with Crippen molar-refractivity contribution < 1.29 is 4.79 Å². The van der Waals surface area contributed by atoms with E-state index in [9.17, 15) is 4.79 Å². The highest BCUT2D eigenvalue weighted by Gasteiger charge is 2.46. The molecule has 1 aliphatic carbocycles. The molecular formula is C22H26N8O. The highest BCUT2D eigenvalue weighted by Crippen LogP contribution is 2.41. The van der Waals surface area contributed by atoms with Crippen molar-refractivity contribution in [2.75, 3.05) is 41.3 Å². The number of pyridine rings is 1. The van der Waals surface area contributed by atoms with Crippen molar-refractivity contribution in [2.45, 2.75) is 38.6 Å². The van der Waals surface area contributed by atoms with Gasteiger partial charge in [0, 0.05) is 55.4 Å². The molecule has 3 aromatic heterocycles. The van der Waals surface area contributed by atoms with Crippen molar-refractivity contribution in [2.24, 2.45) is 0 Å². The Morgan fingerprint density at radius 2 is 2.06 bits per heavy atom. The van der Waals surface area contributed by atoms with E-state index in [0.29, 0.717) is 17.9 Å². The molecule has 2 N–H and O–H groups in total. The van der Waals surface area contributed by atoms with E-state index >= 15 is 0 Å². The number of carbonyl (C=O) groups is 1. The Balaban J connectivity index is 1.25. The number of imidazole rings is 1. The van der Waals surface area contributed by atoms with Crippen LogP contribution in [0.2, 0.25) is 0 Å². The van der Waals surface area contributed by atoms with Crippen LogP contribution in [0, 0.1) is 13.8 Å². The molecule has 9 heteroatoms. The van der Waals surface area contributed by atoms with Crippen LogP contribution in [0.4, 0.5) is 22.1 Å². The van der Waals surface area contributed by atoms with Crippen molar-refractivity contribution in [3.05, 3.63) is 41.6 Å². The van der Waals surface area contributed by atoms with Gasteiger partial charge in [0.1, 0.15) is 5.82 Å². The number of aromatic nitrogens is 4. The van der Waals surface area contributed by atoms with E-state index in [-0.39, 0.29) is 6.03 Å². The van der Waals surface area contributed by atoms with Gasteiger partial charge in [-0.15, -0.1) is 0 Å². The average Bonchev–Trinajstić information content (AvgIpc) is 3.17. The van der Waals surface area contributed by atoms with Gasteiger partial charge in [-0.05, 0) is 39.2 Å². The molecule has 2 aliphatic heterocycles. The molecule has 1 saturated heterocycles. The average molecular weight is 419 g/mol. The lowest BCUT2D eigenvalue weighted by atomic mass is 10.1. The van der Waals surface area contributed by atoms with Crippen LogP contribution in [0.25, 0.3) is 5.65 Å². The van der Waals surface area contributed by atoms with Gasteiger partial charge in [0.15, 0.2) is 11.5 Å². The molecule has 0 unspecified atom stereocenters. The molecule has 0 aromatic carbocycles. The first-order valence-electron chi connectivity index (χ1n) is 10.9. The summed E-state index contributed by atoms with van der Waals surface area (Å²) in [6, 6.07) is 1.90. The third-order valence-corrected chi connectivity index (χ3v) is 6.62. The number of nitrogens with one attached hydrogen (secondary N) is 2. The van der Waals surface area contributed by atoms with Crippen LogP contribution in [0.5, 0.6) is 0 Å². The van der Waals surface area contributed by atoms with Crippen LogP contribution < -0.4 is 20.4 Å². The predicted molar refractivity (Wildman–Crippen MR) is 119 cm³/mol. The van der Waals surface area contributed by atoms with E-state index in [1.807, 2.05) is 30.6 Å². The van der Waals surface area contributed by atoms with Gasteiger partial charge in [-0.3, -0.25) is 10.2 Å². The Labute approximate surface area is 180 Å². The maximum Gasteiger partial charge on any atom is 0.328 e.